The van der Waals surface area contributed by atoms with Crippen molar-refractivity contribution < 1.29 is 16.8 Å². The number of hydrogen-bond acceptors (Lipinski definition) is 4. The lowest BCUT2D eigenvalue weighted by Gasteiger charge is -2.19. The van der Waals surface area contributed by atoms with Gasteiger partial charge in [-0.1, -0.05) is 32.4 Å². The zero-order chi connectivity index (χ0) is 15.8. The Morgan fingerprint density at radius 3 is 2.10 bits per heavy atom. The van der Waals surface area contributed by atoms with Gasteiger partial charge in [-0.3, -0.25) is 4.72 Å². The van der Waals surface area contributed by atoms with Crippen LogP contribution < -0.4 is 4.72 Å². The van der Waals surface area contributed by atoms with E-state index in [2.05, 4.69) is 4.72 Å². The summed E-state index contributed by atoms with van der Waals surface area (Å²) in [6.45, 7) is 5.38. The lowest BCUT2D eigenvalue weighted by molar-refractivity contribution is 0.463. The van der Waals surface area contributed by atoms with Crippen molar-refractivity contribution in [1.29, 1.82) is 0 Å². The van der Waals surface area contributed by atoms with Gasteiger partial charge in [0, 0.05) is 10.7 Å². The van der Waals surface area contributed by atoms with Crippen LogP contribution in [0.3, 0.4) is 0 Å². The quantitative estimate of drug-likeness (QED) is 0.837. The fraction of sp³-hybridized carbons (Fsp3) is 0.455. The van der Waals surface area contributed by atoms with Crippen LogP contribution in [-0.4, -0.2) is 22.6 Å². The molecule has 1 aromatic carbocycles. The predicted molar refractivity (Wildman–Crippen MR) is 81.4 cm³/mol. The van der Waals surface area contributed by atoms with Gasteiger partial charge in [-0.05, 0) is 23.6 Å². The van der Waals surface area contributed by atoms with E-state index < -0.39 is 24.5 Å². The molecule has 1 rings (SSSR count). The molecule has 114 valence electrons. The molecule has 0 saturated heterocycles. The van der Waals surface area contributed by atoms with E-state index in [1.165, 1.54) is 12.1 Å². The molecule has 0 amide bonds. The monoisotopic (exact) mass is 359 g/mol. The van der Waals surface area contributed by atoms with Gasteiger partial charge in [0.1, 0.15) is 4.90 Å². The number of rotatable bonds is 4. The first kappa shape index (κ1) is 17.6. The van der Waals surface area contributed by atoms with Crippen LogP contribution in [0.4, 0.5) is 5.69 Å². The minimum Gasteiger partial charge on any atom is -0.283 e. The van der Waals surface area contributed by atoms with Crippen LogP contribution >= 0.6 is 22.3 Å². The molecule has 0 aliphatic heterocycles. The van der Waals surface area contributed by atoms with Gasteiger partial charge in [0.05, 0.1) is 16.5 Å². The van der Waals surface area contributed by atoms with Crippen molar-refractivity contribution in [2.45, 2.75) is 25.7 Å². The van der Waals surface area contributed by atoms with E-state index in [1.807, 2.05) is 0 Å². The molecule has 1 aromatic rings. The summed E-state index contributed by atoms with van der Waals surface area (Å²) in [4.78, 5) is -0.264. The molecule has 20 heavy (non-hydrogen) atoms. The van der Waals surface area contributed by atoms with E-state index in [4.69, 9.17) is 22.3 Å². The fourth-order valence-electron chi connectivity index (χ4n) is 1.55. The highest BCUT2D eigenvalue weighted by Gasteiger charge is 2.22. The summed E-state index contributed by atoms with van der Waals surface area (Å²) in [5.74, 6) is -0.0762. The van der Waals surface area contributed by atoms with Gasteiger partial charge in [0.25, 0.3) is 9.05 Å². The Balaban J connectivity index is 3.05. The molecule has 0 heterocycles. The maximum Gasteiger partial charge on any atom is 0.262 e. The van der Waals surface area contributed by atoms with Gasteiger partial charge in [-0.2, -0.15) is 0 Å². The third-order valence-corrected chi connectivity index (χ3v) is 5.69. The second kappa shape index (κ2) is 5.71. The Morgan fingerprint density at radius 1 is 1.15 bits per heavy atom. The third-order valence-electron chi connectivity index (χ3n) is 2.09. The van der Waals surface area contributed by atoms with Gasteiger partial charge < -0.3 is 0 Å². The van der Waals surface area contributed by atoms with Crippen LogP contribution in [0.5, 0.6) is 0 Å². The Bertz CT molecular complexity index is 706. The average Bonchev–Trinajstić information content (AvgIpc) is 2.09. The summed E-state index contributed by atoms with van der Waals surface area (Å²) in [5.41, 5.74) is -0.224. The minimum atomic E-state index is -3.96. The first-order valence-electron chi connectivity index (χ1n) is 5.55. The maximum absolute atomic E-state index is 11.9. The van der Waals surface area contributed by atoms with E-state index in [-0.39, 0.29) is 21.4 Å². The van der Waals surface area contributed by atoms with Crippen molar-refractivity contribution in [3.63, 3.8) is 0 Å². The summed E-state index contributed by atoms with van der Waals surface area (Å²) in [5, 5.41) is -0.143. The molecule has 0 radical (unpaired) electrons. The highest BCUT2D eigenvalue weighted by Crippen LogP contribution is 2.28. The molecule has 1 N–H and O–H groups in total. The maximum atomic E-state index is 11.9. The molecule has 0 spiro atoms. The topological polar surface area (TPSA) is 80.3 Å². The van der Waals surface area contributed by atoms with E-state index in [0.717, 1.165) is 6.07 Å². The molecule has 0 aliphatic rings. The van der Waals surface area contributed by atoms with Crippen LogP contribution in [0.1, 0.15) is 20.8 Å². The van der Waals surface area contributed by atoms with Gasteiger partial charge in [0.2, 0.25) is 10.0 Å². The van der Waals surface area contributed by atoms with Crippen LogP contribution in [0.15, 0.2) is 23.1 Å². The number of benzene rings is 1. The van der Waals surface area contributed by atoms with E-state index in [1.54, 1.807) is 20.8 Å². The van der Waals surface area contributed by atoms with Crippen molar-refractivity contribution in [2.24, 2.45) is 5.41 Å². The first-order valence-corrected chi connectivity index (χ1v) is 9.89. The fourth-order valence-corrected chi connectivity index (χ4v) is 4.78. The Hall–Kier alpha value is -0.500. The molecule has 9 heteroatoms. The molecule has 0 saturated carbocycles. The smallest absolute Gasteiger partial charge is 0.262 e. The second-order valence-corrected chi connectivity index (χ2v) is 10.2. The Morgan fingerprint density at radius 2 is 1.70 bits per heavy atom. The van der Waals surface area contributed by atoms with Crippen molar-refractivity contribution >= 4 is 47.0 Å². The Kier molecular flexibility index (Phi) is 5.01. The molecule has 5 nitrogen and oxygen atoms in total. The van der Waals surface area contributed by atoms with Gasteiger partial charge >= 0.3 is 0 Å². The summed E-state index contributed by atoms with van der Waals surface area (Å²) in [6.07, 6.45) is 0. The van der Waals surface area contributed by atoms with Gasteiger partial charge in [0.15, 0.2) is 0 Å². The van der Waals surface area contributed by atoms with E-state index in [0.29, 0.717) is 0 Å². The molecule has 0 bridgehead atoms. The zero-order valence-electron chi connectivity index (χ0n) is 11.1. The minimum absolute atomic E-state index is 0.0762. The molecule has 0 aromatic heterocycles. The number of sulfonamides is 1. The normalized spacial score (nSPS) is 13.2. The third kappa shape index (κ3) is 5.47. The van der Waals surface area contributed by atoms with Crippen molar-refractivity contribution in [2.75, 3.05) is 10.5 Å². The summed E-state index contributed by atoms with van der Waals surface area (Å²) < 4.78 is 48.5. The summed E-state index contributed by atoms with van der Waals surface area (Å²) in [6, 6.07) is 3.65. The number of hydrogen-bond donors (Lipinski definition) is 1. The second-order valence-electron chi connectivity index (χ2n) is 5.50. The van der Waals surface area contributed by atoms with Crippen molar-refractivity contribution in [3.8, 4) is 0 Å². The zero-order valence-corrected chi connectivity index (χ0v) is 14.3. The molecular formula is C11H15Cl2NO4S2. The van der Waals surface area contributed by atoms with Gasteiger partial charge in [-0.15, -0.1) is 0 Å². The average molecular weight is 360 g/mol. The number of anilines is 1. The van der Waals surface area contributed by atoms with E-state index in [9.17, 15) is 16.8 Å². The molecular weight excluding hydrogens is 345 g/mol. The van der Waals surface area contributed by atoms with Crippen LogP contribution in [0, 0.1) is 5.41 Å². The Labute approximate surface area is 128 Å². The predicted octanol–water partition coefficient (Wildman–Crippen LogP) is 3.06. The molecule has 0 unspecified atom stereocenters. The van der Waals surface area contributed by atoms with Gasteiger partial charge in [-0.25, -0.2) is 16.8 Å². The molecule has 0 fully saturated rings. The number of halogens is 2. The highest BCUT2D eigenvalue weighted by atomic mass is 35.7. The van der Waals surface area contributed by atoms with E-state index >= 15 is 0 Å². The lowest BCUT2D eigenvalue weighted by atomic mass is 10.0. The number of nitrogens with one attached hydrogen (secondary N) is 1. The van der Waals surface area contributed by atoms with Crippen LogP contribution in [-0.2, 0) is 19.1 Å². The highest BCUT2D eigenvalue weighted by molar-refractivity contribution is 8.13. The SMILES string of the molecule is CC(C)(C)CS(=O)(=O)Nc1ccc(S(=O)(=O)Cl)c(Cl)c1. The molecule has 0 aliphatic carbocycles. The standard InChI is InChI=1S/C11H15Cl2NO4S2/c1-11(2,3)7-19(15,16)14-8-4-5-10(9(12)6-8)20(13,17)18/h4-6,14H,7H2,1-3H3. The molecule has 0 atom stereocenters. The lowest BCUT2D eigenvalue weighted by Crippen LogP contribution is -2.26. The summed E-state index contributed by atoms with van der Waals surface area (Å²) in [7, 11) is -2.32. The van der Waals surface area contributed by atoms with Crippen molar-refractivity contribution in [1.82, 2.24) is 0 Å². The largest absolute Gasteiger partial charge is 0.283 e. The van der Waals surface area contributed by atoms with Crippen LogP contribution in [0.2, 0.25) is 5.02 Å². The summed E-state index contributed by atoms with van der Waals surface area (Å²) >= 11 is 5.78. The van der Waals surface area contributed by atoms with Crippen LogP contribution in [0.25, 0.3) is 0 Å². The van der Waals surface area contributed by atoms with Crippen molar-refractivity contribution in [3.05, 3.63) is 23.2 Å². The first-order chi connectivity index (χ1) is 8.80.